The fourth-order valence-electron chi connectivity index (χ4n) is 3.92. The summed E-state index contributed by atoms with van der Waals surface area (Å²) in [6, 6.07) is 6.24. The molecular weight excluding hydrogens is 280 g/mol. The van der Waals surface area contributed by atoms with Crippen LogP contribution in [0.25, 0.3) is 0 Å². The molecule has 2 aliphatic rings. The van der Waals surface area contributed by atoms with Crippen molar-refractivity contribution in [2.75, 3.05) is 7.11 Å². The van der Waals surface area contributed by atoms with E-state index in [0.29, 0.717) is 5.41 Å². The van der Waals surface area contributed by atoms with Crippen LogP contribution in [0.15, 0.2) is 24.3 Å². The lowest BCUT2D eigenvalue weighted by atomic mass is 9.70. The van der Waals surface area contributed by atoms with Gasteiger partial charge in [-0.05, 0) is 48.1 Å². The van der Waals surface area contributed by atoms with Gasteiger partial charge in [-0.15, -0.1) is 0 Å². The topological polar surface area (TPSA) is 66.8 Å². The maximum atomic E-state index is 10.9. The van der Waals surface area contributed by atoms with Gasteiger partial charge in [-0.25, -0.2) is 4.79 Å². The molecule has 0 aliphatic heterocycles. The molecule has 2 N–H and O–H groups in total. The number of aliphatic hydroxyl groups excluding tert-OH is 1. The Morgan fingerprint density at radius 3 is 2.27 bits per heavy atom. The van der Waals surface area contributed by atoms with Crippen molar-refractivity contribution in [3.8, 4) is 5.75 Å². The number of carbonyl (C=O) groups excluding carboxylic acids is 1. The van der Waals surface area contributed by atoms with Gasteiger partial charge in [0.1, 0.15) is 11.3 Å². The third-order valence-electron chi connectivity index (χ3n) is 6.06. The van der Waals surface area contributed by atoms with Crippen LogP contribution in [-0.4, -0.2) is 29.4 Å². The zero-order chi connectivity index (χ0) is 16.5. The van der Waals surface area contributed by atoms with E-state index >= 15 is 0 Å². The first kappa shape index (κ1) is 16.8. The van der Waals surface area contributed by atoms with Gasteiger partial charge in [-0.1, -0.05) is 32.9 Å². The van der Waals surface area contributed by atoms with Gasteiger partial charge in [0.05, 0.1) is 13.2 Å². The molecule has 22 heavy (non-hydrogen) atoms. The molecule has 0 spiro atoms. The second kappa shape index (κ2) is 5.92. The average Bonchev–Trinajstić information content (AvgIpc) is 2.81. The Labute approximate surface area is 132 Å². The Balaban J connectivity index is 0.000000160. The molecule has 2 aliphatic carbocycles. The van der Waals surface area contributed by atoms with Gasteiger partial charge < -0.3 is 14.9 Å². The zero-order valence-electron chi connectivity index (χ0n) is 13.8. The molecule has 0 radical (unpaired) electrons. The van der Waals surface area contributed by atoms with E-state index in [1.54, 1.807) is 12.1 Å². The van der Waals surface area contributed by atoms with E-state index in [1.807, 2.05) is 0 Å². The van der Waals surface area contributed by atoms with Gasteiger partial charge in [0, 0.05) is 0 Å². The number of hydrogen-bond acceptors (Lipinski definition) is 4. The van der Waals surface area contributed by atoms with Crippen LogP contribution in [0.2, 0.25) is 0 Å². The summed E-state index contributed by atoms with van der Waals surface area (Å²) in [4.78, 5) is 10.9. The molecule has 122 valence electrons. The minimum Gasteiger partial charge on any atom is -0.507 e. The number of aliphatic hydroxyl groups is 1. The molecule has 3 atom stereocenters. The molecular formula is C18H26O4. The lowest BCUT2D eigenvalue weighted by Crippen LogP contribution is -2.35. The van der Waals surface area contributed by atoms with Crippen molar-refractivity contribution < 1.29 is 19.7 Å². The highest BCUT2D eigenvalue weighted by molar-refractivity contribution is 5.92. The maximum absolute atomic E-state index is 10.9. The summed E-state index contributed by atoms with van der Waals surface area (Å²) < 4.78 is 4.42. The standard InChI is InChI=1S/C10H18O.C8H8O3/c1-9(2)7-4-5-10(9,3)8(11)6-7;1-11-8(10)6-4-2-3-5-7(6)9/h7-8,11H,4-6H2,1-3H3;2-5,9H,1H3/t7-,8+,10+;/m1./s1. The molecule has 3 rings (SSSR count). The van der Waals surface area contributed by atoms with Crippen molar-refractivity contribution in [3.05, 3.63) is 29.8 Å². The third kappa shape index (κ3) is 2.60. The van der Waals surface area contributed by atoms with Crippen molar-refractivity contribution in [2.24, 2.45) is 16.7 Å². The number of rotatable bonds is 1. The Morgan fingerprint density at radius 1 is 1.27 bits per heavy atom. The van der Waals surface area contributed by atoms with Crippen LogP contribution in [0.3, 0.4) is 0 Å². The predicted molar refractivity (Wildman–Crippen MR) is 84.7 cm³/mol. The SMILES string of the molecule is CC1(C)[C@@H]2CC[C@@]1(C)[C@@H](O)C2.COC(=O)c1ccccc1O. The summed E-state index contributed by atoms with van der Waals surface area (Å²) in [6.07, 6.45) is 3.58. The van der Waals surface area contributed by atoms with Crippen LogP contribution in [0.1, 0.15) is 50.4 Å². The van der Waals surface area contributed by atoms with Gasteiger partial charge in [-0.2, -0.15) is 0 Å². The largest absolute Gasteiger partial charge is 0.507 e. The van der Waals surface area contributed by atoms with E-state index in [-0.39, 0.29) is 22.8 Å². The van der Waals surface area contributed by atoms with E-state index in [0.717, 1.165) is 12.3 Å². The van der Waals surface area contributed by atoms with E-state index < -0.39 is 5.97 Å². The Kier molecular flexibility index (Phi) is 4.52. The van der Waals surface area contributed by atoms with Crippen LogP contribution < -0.4 is 0 Å². The molecule has 2 fully saturated rings. The van der Waals surface area contributed by atoms with E-state index in [2.05, 4.69) is 25.5 Å². The quantitative estimate of drug-likeness (QED) is 0.781. The Hall–Kier alpha value is -1.55. The van der Waals surface area contributed by atoms with Crippen LogP contribution in [-0.2, 0) is 4.74 Å². The number of ether oxygens (including phenoxy) is 1. The van der Waals surface area contributed by atoms with E-state index in [1.165, 1.54) is 32.1 Å². The van der Waals surface area contributed by atoms with Gasteiger partial charge in [-0.3, -0.25) is 0 Å². The van der Waals surface area contributed by atoms with E-state index in [9.17, 15) is 9.90 Å². The molecule has 2 saturated carbocycles. The first-order chi connectivity index (χ1) is 10.2. The minimum atomic E-state index is -0.525. The van der Waals surface area contributed by atoms with Crippen LogP contribution in [0.4, 0.5) is 0 Å². The first-order valence-corrected chi connectivity index (χ1v) is 7.78. The molecule has 0 aromatic heterocycles. The molecule has 2 bridgehead atoms. The number of fused-ring (bicyclic) bond motifs is 2. The van der Waals surface area contributed by atoms with Crippen LogP contribution in [0.5, 0.6) is 5.75 Å². The number of hydrogen-bond donors (Lipinski definition) is 2. The van der Waals surface area contributed by atoms with Crippen molar-refractivity contribution in [1.29, 1.82) is 0 Å². The summed E-state index contributed by atoms with van der Waals surface area (Å²) in [7, 11) is 1.27. The predicted octanol–water partition coefficient (Wildman–Crippen LogP) is 3.37. The monoisotopic (exact) mass is 306 g/mol. The smallest absolute Gasteiger partial charge is 0.341 e. The highest BCUT2D eigenvalue weighted by atomic mass is 16.5. The highest BCUT2D eigenvalue weighted by Crippen LogP contribution is 2.65. The number of aromatic hydroxyl groups is 1. The van der Waals surface area contributed by atoms with Crippen molar-refractivity contribution in [2.45, 2.75) is 46.1 Å². The Bertz CT molecular complexity index is 552. The second-order valence-electron chi connectivity index (χ2n) is 7.13. The van der Waals surface area contributed by atoms with Crippen molar-refractivity contribution in [1.82, 2.24) is 0 Å². The summed E-state index contributed by atoms with van der Waals surface area (Å²) in [6.45, 7) is 6.90. The van der Waals surface area contributed by atoms with Gasteiger partial charge in [0.2, 0.25) is 0 Å². The normalized spacial score (nSPS) is 31.3. The molecule has 4 heteroatoms. The minimum absolute atomic E-state index is 0.0313. The number of carbonyl (C=O) groups is 1. The fourth-order valence-corrected chi connectivity index (χ4v) is 3.92. The Morgan fingerprint density at radius 2 is 1.91 bits per heavy atom. The van der Waals surface area contributed by atoms with Crippen molar-refractivity contribution >= 4 is 5.97 Å². The number of esters is 1. The molecule has 1 aromatic carbocycles. The van der Waals surface area contributed by atoms with Crippen LogP contribution in [0, 0.1) is 16.7 Å². The number of phenolic OH excluding ortho intramolecular Hbond substituents is 1. The summed E-state index contributed by atoms with van der Waals surface area (Å²) in [5.74, 6) is 0.199. The number of benzene rings is 1. The lowest BCUT2D eigenvalue weighted by Gasteiger charge is -2.36. The zero-order valence-corrected chi connectivity index (χ0v) is 13.8. The molecule has 0 heterocycles. The molecule has 4 nitrogen and oxygen atoms in total. The lowest BCUT2D eigenvalue weighted by molar-refractivity contribution is 0.0126. The van der Waals surface area contributed by atoms with Crippen molar-refractivity contribution in [3.63, 3.8) is 0 Å². The second-order valence-corrected chi connectivity index (χ2v) is 7.13. The van der Waals surface area contributed by atoms with Gasteiger partial charge in [0.15, 0.2) is 0 Å². The van der Waals surface area contributed by atoms with E-state index in [4.69, 9.17) is 5.11 Å². The molecule has 0 saturated heterocycles. The number of methoxy groups -OCH3 is 1. The first-order valence-electron chi connectivity index (χ1n) is 7.78. The fraction of sp³-hybridized carbons (Fsp3) is 0.611. The molecule has 0 unspecified atom stereocenters. The maximum Gasteiger partial charge on any atom is 0.341 e. The third-order valence-corrected chi connectivity index (χ3v) is 6.06. The van der Waals surface area contributed by atoms with Crippen LogP contribution >= 0.6 is 0 Å². The highest BCUT2D eigenvalue weighted by Gasteiger charge is 2.60. The number of phenols is 1. The molecule has 0 amide bonds. The summed E-state index contributed by atoms with van der Waals surface area (Å²) in [5.41, 5.74) is 0.791. The molecule has 1 aromatic rings. The van der Waals surface area contributed by atoms with Gasteiger partial charge in [0.25, 0.3) is 0 Å². The summed E-state index contributed by atoms with van der Waals surface area (Å²) in [5, 5.41) is 18.9. The number of para-hydroxylation sites is 1. The van der Waals surface area contributed by atoms with Gasteiger partial charge >= 0.3 is 5.97 Å². The average molecular weight is 306 g/mol. The summed E-state index contributed by atoms with van der Waals surface area (Å²) >= 11 is 0.